The van der Waals surface area contributed by atoms with E-state index < -0.39 is 0 Å². The van der Waals surface area contributed by atoms with Gasteiger partial charge in [0, 0.05) is 44.4 Å². The minimum atomic E-state index is -0.298. The zero-order valence-corrected chi connectivity index (χ0v) is 24.9. The van der Waals surface area contributed by atoms with Crippen molar-refractivity contribution in [2.24, 2.45) is 0 Å². The number of amides is 1. The van der Waals surface area contributed by atoms with E-state index in [9.17, 15) is 9.59 Å². The molecule has 0 aliphatic heterocycles. The van der Waals surface area contributed by atoms with Gasteiger partial charge < -0.3 is 15.0 Å². The van der Waals surface area contributed by atoms with Crippen LogP contribution in [0, 0.1) is 6.92 Å². The van der Waals surface area contributed by atoms with Gasteiger partial charge in [-0.1, -0.05) is 40.9 Å². The minimum Gasteiger partial charge on any atom is -0.492 e. The van der Waals surface area contributed by atoms with Gasteiger partial charge >= 0.3 is 0 Å². The number of Topliss-reactive ketones (excluding diaryl/α,β-unsaturated/α-hetero) is 1. The standard InChI is InChI=1S/C32H31Cl3N2O3/c1-20-10-21(14-26(33)11-20)12-24-17-29(18-25(31(24)38)13-22-15-27(34)19-28(35)16-22)36-32(39)23-4-6-30(7-5-23)40-9-8-37(2)3/h4-7,10-16,19,29H,8-9,17-18H2,1-3H3,(H,36,39)/b24-12+,25-13+. The Hall–Kier alpha value is -3.09. The van der Waals surface area contributed by atoms with Crippen molar-refractivity contribution in [3.05, 3.63) is 109 Å². The molecule has 8 heteroatoms. The van der Waals surface area contributed by atoms with Crippen LogP contribution >= 0.6 is 34.8 Å². The third-order valence-corrected chi connectivity index (χ3v) is 7.06. The van der Waals surface area contributed by atoms with Crippen LogP contribution in [0.4, 0.5) is 0 Å². The van der Waals surface area contributed by atoms with E-state index in [1.807, 2.05) is 50.2 Å². The number of hydrogen-bond acceptors (Lipinski definition) is 4. The molecule has 1 saturated carbocycles. The lowest BCUT2D eigenvalue weighted by Gasteiger charge is -2.27. The maximum atomic E-state index is 13.6. The molecule has 3 aromatic carbocycles. The van der Waals surface area contributed by atoms with Crippen molar-refractivity contribution in [3.63, 3.8) is 0 Å². The molecule has 5 nitrogen and oxygen atoms in total. The highest BCUT2D eigenvalue weighted by molar-refractivity contribution is 6.35. The summed E-state index contributed by atoms with van der Waals surface area (Å²) in [6, 6.07) is 17.6. The molecule has 1 aliphatic rings. The molecular formula is C32H31Cl3N2O3. The number of likely N-dealkylation sites (N-methyl/N-ethyl adjacent to an activating group) is 1. The first-order chi connectivity index (χ1) is 19.0. The number of halogens is 3. The van der Waals surface area contributed by atoms with Gasteiger partial charge in [-0.05, 0) is 117 Å². The molecule has 1 unspecified atom stereocenters. The number of benzene rings is 3. The fraction of sp³-hybridized carbons (Fsp3) is 0.250. The summed E-state index contributed by atoms with van der Waals surface area (Å²) in [5.74, 6) is 0.398. The van der Waals surface area contributed by atoms with Crippen LogP contribution in [0.2, 0.25) is 15.1 Å². The van der Waals surface area contributed by atoms with Crippen LogP contribution in [-0.4, -0.2) is 49.9 Å². The summed E-state index contributed by atoms with van der Waals surface area (Å²) in [4.78, 5) is 28.8. The number of aryl methyl sites for hydroxylation is 1. The summed E-state index contributed by atoms with van der Waals surface area (Å²) in [5, 5.41) is 4.66. The van der Waals surface area contributed by atoms with E-state index >= 15 is 0 Å². The normalized spacial score (nSPS) is 17.5. The summed E-state index contributed by atoms with van der Waals surface area (Å²) in [6.45, 7) is 3.31. The largest absolute Gasteiger partial charge is 0.492 e. The first-order valence-electron chi connectivity index (χ1n) is 12.9. The van der Waals surface area contributed by atoms with Crippen LogP contribution in [-0.2, 0) is 4.79 Å². The van der Waals surface area contributed by atoms with Gasteiger partial charge in [-0.15, -0.1) is 0 Å². The van der Waals surface area contributed by atoms with Crippen molar-refractivity contribution in [2.45, 2.75) is 25.8 Å². The average molecular weight is 598 g/mol. The fourth-order valence-corrected chi connectivity index (χ4v) is 5.41. The van der Waals surface area contributed by atoms with Gasteiger partial charge in [-0.3, -0.25) is 9.59 Å². The SMILES string of the molecule is Cc1cc(Cl)cc(/C=C2\CC(NC(=O)c3ccc(OCCN(C)C)cc3)C/C(=C\c3cc(Cl)cc(Cl)c3)C2=O)c1. The number of nitrogens with one attached hydrogen (secondary N) is 1. The molecule has 0 bridgehead atoms. The van der Waals surface area contributed by atoms with Crippen molar-refractivity contribution < 1.29 is 14.3 Å². The van der Waals surface area contributed by atoms with Gasteiger partial charge in [0.1, 0.15) is 12.4 Å². The molecule has 1 fully saturated rings. The molecule has 1 amide bonds. The summed E-state index contributed by atoms with van der Waals surface area (Å²) in [5.41, 5.74) is 4.20. The van der Waals surface area contributed by atoms with Gasteiger partial charge in [-0.2, -0.15) is 0 Å². The zero-order chi connectivity index (χ0) is 28.8. The monoisotopic (exact) mass is 596 g/mol. The predicted molar refractivity (Wildman–Crippen MR) is 165 cm³/mol. The summed E-state index contributed by atoms with van der Waals surface area (Å²) < 4.78 is 5.73. The fourth-order valence-electron chi connectivity index (χ4n) is 4.57. The third kappa shape index (κ3) is 8.45. The van der Waals surface area contributed by atoms with Gasteiger partial charge in [0.15, 0.2) is 5.78 Å². The highest BCUT2D eigenvalue weighted by Crippen LogP contribution is 2.31. The summed E-state index contributed by atoms with van der Waals surface area (Å²) in [7, 11) is 3.97. The van der Waals surface area contributed by atoms with E-state index in [1.54, 1.807) is 48.5 Å². The van der Waals surface area contributed by atoms with Crippen molar-refractivity contribution >= 4 is 58.6 Å². The van der Waals surface area contributed by atoms with E-state index in [2.05, 4.69) is 5.32 Å². The Bertz CT molecular complexity index is 1350. The highest BCUT2D eigenvalue weighted by atomic mass is 35.5. The van der Waals surface area contributed by atoms with Crippen molar-refractivity contribution in [3.8, 4) is 5.75 Å². The second-order valence-electron chi connectivity index (χ2n) is 10.2. The Morgan fingerprint density at radius 1 is 0.900 bits per heavy atom. The second kappa shape index (κ2) is 13.5. The third-order valence-electron chi connectivity index (χ3n) is 6.41. The van der Waals surface area contributed by atoms with Gasteiger partial charge in [0.25, 0.3) is 5.91 Å². The molecular weight excluding hydrogens is 567 g/mol. The molecule has 4 rings (SSSR count). The van der Waals surface area contributed by atoms with Crippen LogP contribution < -0.4 is 10.1 Å². The Morgan fingerprint density at radius 2 is 1.45 bits per heavy atom. The quantitative estimate of drug-likeness (QED) is 0.273. The topological polar surface area (TPSA) is 58.6 Å². The van der Waals surface area contributed by atoms with E-state index in [4.69, 9.17) is 39.5 Å². The van der Waals surface area contributed by atoms with Crippen molar-refractivity contribution in [1.82, 2.24) is 10.2 Å². The van der Waals surface area contributed by atoms with Crippen molar-refractivity contribution in [1.29, 1.82) is 0 Å². The molecule has 1 N–H and O–H groups in total. The molecule has 0 radical (unpaired) electrons. The molecule has 40 heavy (non-hydrogen) atoms. The Kier molecular flexibility index (Phi) is 10.1. The van der Waals surface area contributed by atoms with Crippen molar-refractivity contribution in [2.75, 3.05) is 27.2 Å². The number of hydrogen-bond donors (Lipinski definition) is 1. The smallest absolute Gasteiger partial charge is 0.251 e. The minimum absolute atomic E-state index is 0.0848. The lowest BCUT2D eigenvalue weighted by Crippen LogP contribution is -2.39. The number of nitrogens with zero attached hydrogens (tertiary/aromatic N) is 1. The number of ether oxygens (including phenoxy) is 1. The van der Waals surface area contributed by atoms with Gasteiger partial charge in [0.2, 0.25) is 0 Å². The molecule has 0 aromatic heterocycles. The van der Waals surface area contributed by atoms with Gasteiger partial charge in [-0.25, -0.2) is 0 Å². The zero-order valence-electron chi connectivity index (χ0n) is 22.6. The van der Waals surface area contributed by atoms with E-state index in [0.717, 1.165) is 23.2 Å². The van der Waals surface area contributed by atoms with E-state index in [1.165, 1.54) is 0 Å². The average Bonchev–Trinajstić information content (AvgIpc) is 2.86. The molecule has 3 aromatic rings. The maximum absolute atomic E-state index is 13.6. The lowest BCUT2D eigenvalue weighted by molar-refractivity contribution is -0.113. The number of ketones is 1. The maximum Gasteiger partial charge on any atom is 0.251 e. The molecule has 0 saturated heterocycles. The van der Waals surface area contributed by atoms with E-state index in [0.29, 0.717) is 57.0 Å². The van der Waals surface area contributed by atoms with Crippen LogP contribution in [0.3, 0.4) is 0 Å². The highest BCUT2D eigenvalue weighted by Gasteiger charge is 2.29. The number of carbonyl (C=O) groups excluding carboxylic acids is 2. The van der Waals surface area contributed by atoms with Crippen LogP contribution in [0.1, 0.15) is 39.9 Å². The molecule has 0 heterocycles. The number of carbonyl (C=O) groups is 2. The van der Waals surface area contributed by atoms with E-state index in [-0.39, 0.29) is 17.7 Å². The first kappa shape index (κ1) is 29.9. The number of rotatable bonds is 8. The predicted octanol–water partition coefficient (Wildman–Crippen LogP) is 7.52. The Labute approximate surface area is 250 Å². The summed E-state index contributed by atoms with van der Waals surface area (Å²) in [6.07, 6.45) is 4.38. The molecule has 208 valence electrons. The molecule has 1 aliphatic carbocycles. The second-order valence-corrected chi connectivity index (χ2v) is 11.5. The molecule has 0 spiro atoms. The molecule has 1 atom stereocenters. The van der Waals surface area contributed by atoms with Gasteiger partial charge in [0.05, 0.1) is 0 Å². The van der Waals surface area contributed by atoms with Crippen LogP contribution in [0.15, 0.2) is 71.8 Å². The summed E-state index contributed by atoms with van der Waals surface area (Å²) >= 11 is 18.7. The van der Waals surface area contributed by atoms with Crippen LogP contribution in [0.5, 0.6) is 5.75 Å². The van der Waals surface area contributed by atoms with Crippen LogP contribution in [0.25, 0.3) is 12.2 Å². The lowest BCUT2D eigenvalue weighted by atomic mass is 9.83. The Morgan fingerprint density at radius 3 is 2.00 bits per heavy atom. The Balaban J connectivity index is 1.58. The first-order valence-corrected chi connectivity index (χ1v) is 14.1.